The molecule has 4 aromatic rings. The number of amides is 1. The number of thiophene rings is 1. The minimum absolute atomic E-state index is 0.01000. The maximum absolute atomic E-state index is 13.3. The molecule has 4 rings (SSSR count). The Hall–Kier alpha value is -3.83. The van der Waals surface area contributed by atoms with E-state index in [2.05, 4.69) is 10.1 Å². The first-order valence-electron chi connectivity index (χ1n) is 9.20. The molecule has 0 aliphatic rings. The second-order valence-corrected chi connectivity index (χ2v) is 8.46. The quantitative estimate of drug-likeness (QED) is 0.215. The third-order valence-electron chi connectivity index (χ3n) is 4.37. The minimum Gasteiger partial charge on any atom is -0.497 e. The van der Waals surface area contributed by atoms with E-state index in [1.807, 2.05) is 6.07 Å². The molecule has 2 heterocycles. The van der Waals surface area contributed by atoms with Gasteiger partial charge in [0.2, 0.25) is 5.13 Å². The van der Waals surface area contributed by atoms with Crippen LogP contribution < -0.4 is 14.5 Å². The lowest BCUT2D eigenvalue weighted by Gasteiger charge is -2.14. The average Bonchev–Trinajstić information content (AvgIpc) is 3.45. The number of anilines is 1. The number of benzene rings is 2. The summed E-state index contributed by atoms with van der Waals surface area (Å²) >= 11 is 2.24. The molecule has 0 aliphatic carbocycles. The Labute approximate surface area is 190 Å². The fourth-order valence-electron chi connectivity index (χ4n) is 2.80. The van der Waals surface area contributed by atoms with Crippen LogP contribution in [0.25, 0.3) is 10.2 Å². The molecule has 1 amide bonds. The minimum atomic E-state index is -0.470. The molecule has 0 saturated heterocycles. The number of fused-ring (bicyclic) bond motifs is 1. The molecule has 2 aromatic heterocycles. The summed E-state index contributed by atoms with van der Waals surface area (Å²) in [6.45, 7) is 0. The van der Waals surface area contributed by atoms with Crippen molar-refractivity contribution < 1.29 is 19.2 Å². The lowest BCUT2D eigenvalue weighted by Crippen LogP contribution is -2.25. The van der Waals surface area contributed by atoms with Gasteiger partial charge in [0.05, 0.1) is 40.5 Å². The summed E-state index contributed by atoms with van der Waals surface area (Å²) in [5, 5.41) is 16.8. The van der Waals surface area contributed by atoms with Gasteiger partial charge in [-0.05, 0) is 42.5 Å². The molecule has 0 N–H and O–H groups in total. The SMILES string of the molecule is COc1cccc(C(=O)N(/N=C/c2ccc([N+](=O)[O-])s2)c2nc3ccc(OC)cc3s2)c1. The first-order chi connectivity index (χ1) is 15.5. The third kappa shape index (κ3) is 4.43. The van der Waals surface area contributed by atoms with Gasteiger partial charge in [-0.2, -0.15) is 10.1 Å². The number of carbonyl (C=O) groups excluding carboxylic acids is 1. The molecule has 0 saturated carbocycles. The number of rotatable bonds is 7. The number of thiazole rings is 1. The summed E-state index contributed by atoms with van der Waals surface area (Å²) in [5.74, 6) is 0.785. The highest BCUT2D eigenvalue weighted by atomic mass is 32.1. The van der Waals surface area contributed by atoms with Crippen LogP contribution in [0.5, 0.6) is 11.5 Å². The number of hydrazone groups is 1. The van der Waals surface area contributed by atoms with Gasteiger partial charge in [-0.3, -0.25) is 14.9 Å². The van der Waals surface area contributed by atoms with Gasteiger partial charge in [0.25, 0.3) is 5.91 Å². The number of nitrogens with zero attached hydrogens (tertiary/aromatic N) is 4. The monoisotopic (exact) mass is 468 g/mol. The van der Waals surface area contributed by atoms with Gasteiger partial charge in [-0.15, -0.1) is 0 Å². The number of nitro groups is 1. The molecule has 0 atom stereocenters. The molecule has 0 unspecified atom stereocenters. The Morgan fingerprint density at radius 1 is 1.09 bits per heavy atom. The van der Waals surface area contributed by atoms with Gasteiger partial charge < -0.3 is 9.47 Å². The molecule has 162 valence electrons. The second kappa shape index (κ2) is 9.12. The van der Waals surface area contributed by atoms with Gasteiger partial charge in [-0.25, -0.2) is 4.98 Å². The first kappa shape index (κ1) is 21.4. The van der Waals surface area contributed by atoms with Crippen LogP contribution in [-0.4, -0.2) is 36.2 Å². The second-order valence-electron chi connectivity index (χ2n) is 6.36. The van der Waals surface area contributed by atoms with Crippen LogP contribution in [0, 0.1) is 10.1 Å². The normalized spacial score (nSPS) is 11.1. The van der Waals surface area contributed by atoms with Crippen molar-refractivity contribution in [2.24, 2.45) is 5.10 Å². The zero-order valence-electron chi connectivity index (χ0n) is 16.9. The highest BCUT2D eigenvalue weighted by molar-refractivity contribution is 7.22. The number of hydrogen-bond acceptors (Lipinski definition) is 9. The van der Waals surface area contributed by atoms with Crippen molar-refractivity contribution in [1.29, 1.82) is 0 Å². The molecule has 0 radical (unpaired) electrons. The number of aromatic nitrogens is 1. The number of methoxy groups -OCH3 is 2. The molecule has 0 aliphatic heterocycles. The van der Waals surface area contributed by atoms with Gasteiger partial charge in [0.1, 0.15) is 11.5 Å². The predicted molar refractivity (Wildman–Crippen MR) is 125 cm³/mol. The van der Waals surface area contributed by atoms with Crippen LogP contribution in [0.2, 0.25) is 0 Å². The van der Waals surface area contributed by atoms with Crippen molar-refractivity contribution in [3.8, 4) is 11.5 Å². The molecule has 2 aromatic carbocycles. The van der Waals surface area contributed by atoms with Crippen LogP contribution in [0.3, 0.4) is 0 Å². The van der Waals surface area contributed by atoms with E-state index < -0.39 is 10.8 Å². The van der Waals surface area contributed by atoms with E-state index in [4.69, 9.17) is 9.47 Å². The Kier molecular flexibility index (Phi) is 6.10. The summed E-state index contributed by atoms with van der Waals surface area (Å²) in [5.41, 5.74) is 1.05. The van der Waals surface area contributed by atoms with Crippen molar-refractivity contribution in [3.05, 3.63) is 75.2 Å². The molecular formula is C21H16N4O5S2. The van der Waals surface area contributed by atoms with Crippen LogP contribution in [0.1, 0.15) is 15.2 Å². The van der Waals surface area contributed by atoms with Crippen molar-refractivity contribution in [1.82, 2.24) is 4.98 Å². The predicted octanol–water partition coefficient (Wildman–Crippen LogP) is 4.96. The number of ether oxygens (including phenoxy) is 2. The van der Waals surface area contributed by atoms with E-state index in [0.717, 1.165) is 16.0 Å². The molecule has 0 spiro atoms. The Balaban J connectivity index is 1.75. The molecule has 11 heteroatoms. The van der Waals surface area contributed by atoms with Crippen LogP contribution in [-0.2, 0) is 0 Å². The van der Waals surface area contributed by atoms with E-state index in [1.165, 1.54) is 35.7 Å². The van der Waals surface area contributed by atoms with Crippen molar-refractivity contribution in [3.63, 3.8) is 0 Å². The maximum Gasteiger partial charge on any atom is 0.324 e. The van der Waals surface area contributed by atoms with E-state index in [0.29, 0.717) is 32.6 Å². The number of carbonyl (C=O) groups is 1. The lowest BCUT2D eigenvalue weighted by atomic mass is 10.2. The summed E-state index contributed by atoms with van der Waals surface area (Å²) in [6, 6.07) is 15.1. The molecular weight excluding hydrogens is 452 g/mol. The highest BCUT2D eigenvalue weighted by Gasteiger charge is 2.22. The highest BCUT2D eigenvalue weighted by Crippen LogP contribution is 2.33. The molecule has 9 nitrogen and oxygen atoms in total. The molecule has 32 heavy (non-hydrogen) atoms. The Morgan fingerprint density at radius 3 is 2.59 bits per heavy atom. The van der Waals surface area contributed by atoms with Gasteiger partial charge in [0, 0.05) is 11.6 Å². The van der Waals surface area contributed by atoms with E-state index >= 15 is 0 Å². The molecule has 0 fully saturated rings. The fourth-order valence-corrected chi connectivity index (χ4v) is 4.44. The van der Waals surface area contributed by atoms with Gasteiger partial charge in [-0.1, -0.05) is 28.7 Å². The zero-order valence-corrected chi connectivity index (χ0v) is 18.6. The maximum atomic E-state index is 13.3. The summed E-state index contributed by atoms with van der Waals surface area (Å²) in [7, 11) is 3.09. The standard InChI is InChI=1S/C21H16N4O5S2/c1-29-14-5-3-4-13(10-14)20(26)24(22-12-16-7-9-19(31-16)25(27)28)21-23-17-8-6-15(30-2)11-18(17)32-21/h3-12H,1-2H3/b22-12+. The zero-order chi connectivity index (χ0) is 22.7. The topological polar surface area (TPSA) is 107 Å². The van der Waals surface area contributed by atoms with E-state index in [-0.39, 0.29) is 5.00 Å². The van der Waals surface area contributed by atoms with Crippen molar-refractivity contribution in [2.45, 2.75) is 0 Å². The fraction of sp³-hybridized carbons (Fsp3) is 0.0952. The Bertz CT molecular complexity index is 1330. The van der Waals surface area contributed by atoms with Crippen molar-refractivity contribution in [2.75, 3.05) is 19.2 Å². The molecule has 0 bridgehead atoms. The average molecular weight is 469 g/mol. The lowest BCUT2D eigenvalue weighted by molar-refractivity contribution is -0.380. The summed E-state index contributed by atoms with van der Waals surface area (Å²) in [4.78, 5) is 28.9. The summed E-state index contributed by atoms with van der Waals surface area (Å²) < 4.78 is 11.3. The Morgan fingerprint density at radius 2 is 1.88 bits per heavy atom. The van der Waals surface area contributed by atoms with Crippen LogP contribution in [0.4, 0.5) is 10.1 Å². The van der Waals surface area contributed by atoms with Crippen molar-refractivity contribution >= 4 is 55.1 Å². The number of hydrogen-bond donors (Lipinski definition) is 0. The smallest absolute Gasteiger partial charge is 0.324 e. The van der Waals surface area contributed by atoms with E-state index in [9.17, 15) is 14.9 Å². The largest absolute Gasteiger partial charge is 0.497 e. The first-order valence-corrected chi connectivity index (χ1v) is 10.8. The third-order valence-corrected chi connectivity index (χ3v) is 6.33. The summed E-state index contributed by atoms with van der Waals surface area (Å²) in [6.07, 6.45) is 1.41. The van der Waals surface area contributed by atoms with Crippen LogP contribution >= 0.6 is 22.7 Å². The van der Waals surface area contributed by atoms with Gasteiger partial charge in [0.15, 0.2) is 0 Å². The van der Waals surface area contributed by atoms with Gasteiger partial charge >= 0.3 is 5.00 Å². The van der Waals surface area contributed by atoms with E-state index in [1.54, 1.807) is 49.6 Å². The van der Waals surface area contributed by atoms with Crippen LogP contribution in [0.15, 0.2) is 59.7 Å².